The highest BCUT2D eigenvalue weighted by Crippen LogP contribution is 2.27. The van der Waals surface area contributed by atoms with Crippen LogP contribution in [0.1, 0.15) is 45.2 Å². The fourth-order valence-electron chi connectivity index (χ4n) is 2.36. The van der Waals surface area contributed by atoms with Crippen LogP contribution in [-0.2, 0) is 0 Å². The average Bonchev–Trinajstić information content (AvgIpc) is 2.39. The fourth-order valence-corrected chi connectivity index (χ4v) is 2.36. The third-order valence-corrected chi connectivity index (χ3v) is 3.71. The molecule has 0 amide bonds. The van der Waals surface area contributed by atoms with Crippen molar-refractivity contribution in [1.29, 1.82) is 0 Å². The van der Waals surface area contributed by atoms with Gasteiger partial charge in [-0.15, -0.1) is 0 Å². The minimum absolute atomic E-state index is 0.392. The summed E-state index contributed by atoms with van der Waals surface area (Å²) in [7, 11) is 4.22. The molecule has 0 aliphatic rings. The van der Waals surface area contributed by atoms with Gasteiger partial charge < -0.3 is 10.2 Å². The van der Waals surface area contributed by atoms with Crippen molar-refractivity contribution < 1.29 is 0 Å². The maximum atomic E-state index is 3.32. The number of benzene rings is 1. The molecule has 96 valence electrons. The van der Waals surface area contributed by atoms with Crippen molar-refractivity contribution in [3.63, 3.8) is 0 Å². The first-order valence-corrected chi connectivity index (χ1v) is 6.64. The minimum Gasteiger partial charge on any atom is -0.371 e. The molecular weight excluding hydrogens is 208 g/mol. The lowest BCUT2D eigenvalue weighted by Crippen LogP contribution is -2.32. The smallest absolute Gasteiger partial charge is 0.0414 e. The van der Waals surface area contributed by atoms with Crippen LogP contribution in [0.25, 0.3) is 0 Å². The van der Waals surface area contributed by atoms with Crippen molar-refractivity contribution in [3.05, 3.63) is 29.8 Å². The number of para-hydroxylation sites is 1. The second kappa shape index (κ2) is 6.65. The normalized spacial score (nSPS) is 12.8. The van der Waals surface area contributed by atoms with Gasteiger partial charge in [-0.1, -0.05) is 32.0 Å². The fraction of sp³-hybridized carbons (Fsp3) is 0.600. The van der Waals surface area contributed by atoms with Crippen LogP contribution in [0.3, 0.4) is 0 Å². The molecule has 2 heteroatoms. The molecule has 1 rings (SSSR count). The molecule has 0 saturated carbocycles. The molecule has 0 heterocycles. The van der Waals surface area contributed by atoms with E-state index in [-0.39, 0.29) is 0 Å². The second-order valence-corrected chi connectivity index (χ2v) is 4.65. The molecule has 1 aromatic rings. The maximum Gasteiger partial charge on any atom is 0.0414 e. The molecule has 0 aliphatic heterocycles. The SMILES string of the molecule is CCC(CC)N(C)c1ccccc1C(C)NC. The number of rotatable bonds is 6. The summed E-state index contributed by atoms with van der Waals surface area (Å²) in [6.45, 7) is 6.73. The van der Waals surface area contributed by atoms with Crippen molar-refractivity contribution in [2.24, 2.45) is 0 Å². The van der Waals surface area contributed by atoms with E-state index < -0.39 is 0 Å². The standard InChI is InChI=1S/C15H26N2/c1-6-13(7-2)17(5)15-11-9-8-10-14(15)12(3)16-4/h8-13,16H,6-7H2,1-5H3. The first-order valence-electron chi connectivity index (χ1n) is 6.64. The van der Waals surface area contributed by atoms with Crippen molar-refractivity contribution in [3.8, 4) is 0 Å². The van der Waals surface area contributed by atoms with E-state index in [2.05, 4.69) is 62.3 Å². The number of anilines is 1. The highest BCUT2D eigenvalue weighted by molar-refractivity contribution is 5.55. The van der Waals surface area contributed by atoms with Crippen LogP contribution in [0.15, 0.2) is 24.3 Å². The Labute approximate surface area is 106 Å². The predicted octanol–water partition coefficient (Wildman–Crippen LogP) is 3.59. The quantitative estimate of drug-likeness (QED) is 0.809. The summed E-state index contributed by atoms with van der Waals surface area (Å²) in [6.07, 6.45) is 2.38. The first kappa shape index (κ1) is 14.0. The molecule has 0 spiro atoms. The Kier molecular flexibility index (Phi) is 5.49. The number of hydrogen-bond acceptors (Lipinski definition) is 2. The topological polar surface area (TPSA) is 15.3 Å². The second-order valence-electron chi connectivity index (χ2n) is 4.65. The molecule has 1 unspecified atom stereocenters. The summed E-state index contributed by atoms with van der Waals surface area (Å²) >= 11 is 0. The zero-order valence-corrected chi connectivity index (χ0v) is 11.8. The van der Waals surface area contributed by atoms with Gasteiger partial charge in [0.1, 0.15) is 0 Å². The minimum atomic E-state index is 0.392. The van der Waals surface area contributed by atoms with Gasteiger partial charge in [0.15, 0.2) is 0 Å². The summed E-state index contributed by atoms with van der Waals surface area (Å²) < 4.78 is 0. The van der Waals surface area contributed by atoms with Crippen molar-refractivity contribution in [2.45, 2.75) is 45.7 Å². The molecule has 0 aliphatic carbocycles. The van der Waals surface area contributed by atoms with Gasteiger partial charge in [0.25, 0.3) is 0 Å². The van der Waals surface area contributed by atoms with Crippen molar-refractivity contribution in [2.75, 3.05) is 19.0 Å². The Morgan fingerprint density at radius 3 is 2.29 bits per heavy atom. The molecule has 17 heavy (non-hydrogen) atoms. The van der Waals surface area contributed by atoms with Gasteiger partial charge in [-0.25, -0.2) is 0 Å². The third-order valence-electron chi connectivity index (χ3n) is 3.71. The van der Waals surface area contributed by atoms with E-state index in [1.54, 1.807) is 0 Å². The molecule has 0 saturated heterocycles. The van der Waals surface area contributed by atoms with Gasteiger partial charge >= 0.3 is 0 Å². The van der Waals surface area contributed by atoms with Crippen LogP contribution in [0, 0.1) is 0 Å². The summed E-state index contributed by atoms with van der Waals surface area (Å²) in [5.74, 6) is 0. The Morgan fingerprint density at radius 1 is 1.18 bits per heavy atom. The van der Waals surface area contributed by atoms with E-state index in [0.717, 1.165) is 0 Å². The van der Waals surface area contributed by atoms with E-state index in [0.29, 0.717) is 12.1 Å². The monoisotopic (exact) mass is 234 g/mol. The van der Waals surface area contributed by atoms with Crippen LogP contribution in [-0.4, -0.2) is 20.1 Å². The molecule has 2 nitrogen and oxygen atoms in total. The van der Waals surface area contributed by atoms with Gasteiger partial charge in [-0.05, 0) is 38.4 Å². The van der Waals surface area contributed by atoms with E-state index in [1.165, 1.54) is 24.1 Å². The van der Waals surface area contributed by atoms with Crippen LogP contribution in [0.2, 0.25) is 0 Å². The van der Waals surface area contributed by atoms with Crippen molar-refractivity contribution in [1.82, 2.24) is 5.32 Å². The van der Waals surface area contributed by atoms with Gasteiger partial charge in [0.2, 0.25) is 0 Å². The molecule has 1 aromatic carbocycles. The van der Waals surface area contributed by atoms with E-state index in [4.69, 9.17) is 0 Å². The van der Waals surface area contributed by atoms with Crippen molar-refractivity contribution >= 4 is 5.69 Å². The lowest BCUT2D eigenvalue weighted by atomic mass is 10.0. The van der Waals surface area contributed by atoms with Gasteiger partial charge in [-0.2, -0.15) is 0 Å². The largest absolute Gasteiger partial charge is 0.371 e. The summed E-state index contributed by atoms with van der Waals surface area (Å²) in [5.41, 5.74) is 2.73. The molecule has 0 aromatic heterocycles. The molecule has 0 bridgehead atoms. The predicted molar refractivity (Wildman–Crippen MR) is 76.7 cm³/mol. The Bertz CT molecular complexity index is 331. The third kappa shape index (κ3) is 3.22. The molecule has 1 atom stereocenters. The Hall–Kier alpha value is -1.02. The van der Waals surface area contributed by atoms with Crippen LogP contribution >= 0.6 is 0 Å². The van der Waals surface area contributed by atoms with Gasteiger partial charge in [-0.3, -0.25) is 0 Å². The van der Waals surface area contributed by atoms with Crippen LogP contribution in [0.4, 0.5) is 5.69 Å². The van der Waals surface area contributed by atoms with Gasteiger partial charge in [0.05, 0.1) is 0 Å². The Morgan fingerprint density at radius 2 is 1.76 bits per heavy atom. The molecule has 0 fully saturated rings. The van der Waals surface area contributed by atoms with Crippen LogP contribution < -0.4 is 10.2 Å². The van der Waals surface area contributed by atoms with Gasteiger partial charge in [0, 0.05) is 24.8 Å². The lowest BCUT2D eigenvalue weighted by molar-refractivity contribution is 0.582. The summed E-state index contributed by atoms with van der Waals surface area (Å²) in [5, 5.41) is 3.32. The highest BCUT2D eigenvalue weighted by Gasteiger charge is 2.16. The van der Waals surface area contributed by atoms with E-state index in [1.807, 2.05) is 7.05 Å². The number of nitrogens with zero attached hydrogens (tertiary/aromatic N) is 1. The molecule has 1 N–H and O–H groups in total. The summed E-state index contributed by atoms with van der Waals surface area (Å²) in [6, 6.07) is 9.70. The Balaban J connectivity index is 3.03. The van der Waals surface area contributed by atoms with Crippen LogP contribution in [0.5, 0.6) is 0 Å². The number of nitrogens with one attached hydrogen (secondary N) is 1. The highest BCUT2D eigenvalue weighted by atomic mass is 15.1. The average molecular weight is 234 g/mol. The molecule has 0 radical (unpaired) electrons. The maximum absolute atomic E-state index is 3.32. The van der Waals surface area contributed by atoms with E-state index in [9.17, 15) is 0 Å². The molecular formula is C15H26N2. The van der Waals surface area contributed by atoms with E-state index >= 15 is 0 Å². The summed E-state index contributed by atoms with van der Waals surface area (Å²) in [4.78, 5) is 2.42. The lowest BCUT2D eigenvalue weighted by Gasteiger charge is -2.31. The number of hydrogen-bond donors (Lipinski definition) is 1. The first-order chi connectivity index (χ1) is 8.15. The zero-order valence-electron chi connectivity index (χ0n) is 11.8. The zero-order chi connectivity index (χ0) is 12.8.